The largest absolute Gasteiger partial charge is 0.493 e. The molecular weight excluding hydrogens is 270 g/mol. The molecule has 0 saturated heterocycles. The normalized spacial score (nSPS) is 10.1. The summed E-state index contributed by atoms with van der Waals surface area (Å²) in [5.41, 5.74) is 3.36. The minimum Gasteiger partial charge on any atom is -0.493 e. The molecule has 7 heteroatoms. The molecule has 0 spiro atoms. The molecule has 0 aliphatic carbocycles. The number of benzene rings is 1. The van der Waals surface area contributed by atoms with Crippen molar-refractivity contribution >= 4 is 17.3 Å². The highest BCUT2D eigenvalue weighted by atomic mass is 16.5. The number of methoxy groups -OCH3 is 2. The van der Waals surface area contributed by atoms with Crippen LogP contribution in [-0.4, -0.2) is 24.2 Å². The second kappa shape index (κ2) is 6.76. The highest BCUT2D eigenvalue weighted by Crippen LogP contribution is 2.31. The SMILES string of the molecule is CCc1nc(NN)cc(Nc2ccc(OC)c(OC)c2)n1. The van der Waals surface area contributed by atoms with E-state index < -0.39 is 0 Å². The van der Waals surface area contributed by atoms with Crippen molar-refractivity contribution in [1.29, 1.82) is 0 Å². The number of hydrogen-bond donors (Lipinski definition) is 3. The van der Waals surface area contributed by atoms with E-state index in [4.69, 9.17) is 15.3 Å². The Bertz CT molecular complexity index is 596. The van der Waals surface area contributed by atoms with Crippen LogP contribution in [0.5, 0.6) is 11.5 Å². The molecule has 1 aromatic heterocycles. The number of anilines is 3. The Hall–Kier alpha value is -2.54. The molecule has 2 aromatic rings. The predicted molar refractivity (Wildman–Crippen MR) is 82.0 cm³/mol. The van der Waals surface area contributed by atoms with Crippen LogP contribution in [0.15, 0.2) is 24.3 Å². The van der Waals surface area contributed by atoms with E-state index in [9.17, 15) is 0 Å². The van der Waals surface area contributed by atoms with Gasteiger partial charge in [0.15, 0.2) is 11.5 Å². The van der Waals surface area contributed by atoms with Crippen LogP contribution in [0.1, 0.15) is 12.7 Å². The second-order valence-corrected chi connectivity index (χ2v) is 4.25. The maximum atomic E-state index is 5.41. The summed E-state index contributed by atoms with van der Waals surface area (Å²) in [6, 6.07) is 7.27. The number of nitrogens with zero attached hydrogens (tertiary/aromatic N) is 2. The lowest BCUT2D eigenvalue weighted by Gasteiger charge is -2.12. The van der Waals surface area contributed by atoms with Crippen molar-refractivity contribution in [3.63, 3.8) is 0 Å². The standard InChI is InChI=1S/C14H19N5O2/c1-4-12-17-13(8-14(18-12)19-15)16-9-5-6-10(20-2)11(7-9)21-3/h5-8H,4,15H2,1-3H3,(H2,16,17,18,19). The highest BCUT2D eigenvalue weighted by Gasteiger charge is 2.07. The van der Waals surface area contributed by atoms with Gasteiger partial charge in [0.1, 0.15) is 17.5 Å². The van der Waals surface area contributed by atoms with Crippen LogP contribution in [0.4, 0.5) is 17.3 Å². The lowest BCUT2D eigenvalue weighted by atomic mass is 10.2. The Balaban J connectivity index is 2.29. The zero-order valence-corrected chi connectivity index (χ0v) is 12.3. The summed E-state index contributed by atoms with van der Waals surface area (Å²) in [7, 11) is 3.19. The van der Waals surface area contributed by atoms with Gasteiger partial charge in [0.2, 0.25) is 0 Å². The molecule has 0 amide bonds. The number of hydrogen-bond acceptors (Lipinski definition) is 7. The highest BCUT2D eigenvalue weighted by molar-refractivity contribution is 5.63. The third-order valence-corrected chi connectivity index (χ3v) is 2.89. The number of nitrogens with one attached hydrogen (secondary N) is 2. The Labute approximate surface area is 123 Å². The predicted octanol–water partition coefficient (Wildman–Crippen LogP) is 2.09. The summed E-state index contributed by atoms with van der Waals surface area (Å²) in [5, 5.41) is 3.20. The first-order chi connectivity index (χ1) is 10.2. The van der Waals surface area contributed by atoms with Crippen LogP contribution in [0.25, 0.3) is 0 Å². The lowest BCUT2D eigenvalue weighted by molar-refractivity contribution is 0.355. The molecule has 1 aromatic carbocycles. The summed E-state index contributed by atoms with van der Waals surface area (Å²) in [5.74, 6) is 8.65. The third-order valence-electron chi connectivity index (χ3n) is 2.89. The van der Waals surface area contributed by atoms with Crippen molar-refractivity contribution in [1.82, 2.24) is 9.97 Å². The zero-order valence-electron chi connectivity index (χ0n) is 12.3. The van der Waals surface area contributed by atoms with Gasteiger partial charge in [-0.2, -0.15) is 0 Å². The fourth-order valence-corrected chi connectivity index (χ4v) is 1.86. The van der Waals surface area contributed by atoms with E-state index in [1.165, 1.54) is 0 Å². The monoisotopic (exact) mass is 289 g/mol. The van der Waals surface area contributed by atoms with Gasteiger partial charge < -0.3 is 20.2 Å². The van der Waals surface area contributed by atoms with Crippen LogP contribution in [0.3, 0.4) is 0 Å². The van der Waals surface area contributed by atoms with Gasteiger partial charge in [-0.05, 0) is 12.1 Å². The molecule has 0 fully saturated rings. The number of hydrazine groups is 1. The molecule has 2 rings (SSSR count). The fraction of sp³-hybridized carbons (Fsp3) is 0.286. The number of nitrogens with two attached hydrogens (primary N) is 1. The van der Waals surface area contributed by atoms with Gasteiger partial charge in [-0.25, -0.2) is 15.8 Å². The van der Waals surface area contributed by atoms with E-state index in [0.717, 1.165) is 12.1 Å². The van der Waals surface area contributed by atoms with E-state index in [0.29, 0.717) is 29.0 Å². The van der Waals surface area contributed by atoms with Gasteiger partial charge in [-0.3, -0.25) is 0 Å². The number of rotatable bonds is 6. The molecule has 0 bridgehead atoms. The van der Waals surface area contributed by atoms with Gasteiger partial charge in [-0.15, -0.1) is 0 Å². The van der Waals surface area contributed by atoms with Crippen molar-refractivity contribution in [2.45, 2.75) is 13.3 Å². The van der Waals surface area contributed by atoms with Crippen LogP contribution < -0.4 is 26.1 Å². The number of aryl methyl sites for hydroxylation is 1. The van der Waals surface area contributed by atoms with Gasteiger partial charge in [0, 0.05) is 24.2 Å². The first kappa shape index (κ1) is 14.9. The van der Waals surface area contributed by atoms with Gasteiger partial charge in [-0.1, -0.05) is 6.92 Å². The van der Waals surface area contributed by atoms with E-state index >= 15 is 0 Å². The third kappa shape index (κ3) is 3.51. The van der Waals surface area contributed by atoms with E-state index in [2.05, 4.69) is 20.7 Å². The average Bonchev–Trinajstić information content (AvgIpc) is 2.54. The van der Waals surface area contributed by atoms with Gasteiger partial charge >= 0.3 is 0 Å². The number of nitrogen functional groups attached to an aromatic ring is 1. The van der Waals surface area contributed by atoms with Crippen molar-refractivity contribution in [3.8, 4) is 11.5 Å². The summed E-state index contributed by atoms with van der Waals surface area (Å²) in [6.07, 6.45) is 0.718. The number of aromatic nitrogens is 2. The maximum Gasteiger partial charge on any atom is 0.162 e. The van der Waals surface area contributed by atoms with Crippen LogP contribution in [0.2, 0.25) is 0 Å². The Morgan fingerprint density at radius 1 is 1.05 bits per heavy atom. The lowest BCUT2D eigenvalue weighted by Crippen LogP contribution is -2.11. The molecule has 7 nitrogen and oxygen atoms in total. The zero-order chi connectivity index (χ0) is 15.2. The smallest absolute Gasteiger partial charge is 0.162 e. The minimum atomic E-state index is 0.560. The average molecular weight is 289 g/mol. The summed E-state index contributed by atoms with van der Waals surface area (Å²) in [4.78, 5) is 8.64. The quantitative estimate of drug-likeness (QED) is 0.553. The Morgan fingerprint density at radius 2 is 1.76 bits per heavy atom. The first-order valence-corrected chi connectivity index (χ1v) is 6.53. The van der Waals surface area contributed by atoms with Crippen molar-refractivity contribution in [2.75, 3.05) is 25.0 Å². The summed E-state index contributed by atoms with van der Waals surface area (Å²) in [6.45, 7) is 1.98. The fourth-order valence-electron chi connectivity index (χ4n) is 1.86. The van der Waals surface area contributed by atoms with Crippen LogP contribution in [-0.2, 0) is 6.42 Å². The van der Waals surface area contributed by atoms with E-state index in [1.54, 1.807) is 20.3 Å². The molecule has 4 N–H and O–H groups in total. The topological polar surface area (TPSA) is 94.3 Å². The molecule has 112 valence electrons. The van der Waals surface area contributed by atoms with E-state index in [-0.39, 0.29) is 0 Å². The molecule has 0 radical (unpaired) electrons. The first-order valence-electron chi connectivity index (χ1n) is 6.53. The molecule has 21 heavy (non-hydrogen) atoms. The Morgan fingerprint density at radius 3 is 2.38 bits per heavy atom. The summed E-state index contributed by atoms with van der Waals surface area (Å²) >= 11 is 0. The van der Waals surface area contributed by atoms with E-state index in [1.807, 2.05) is 25.1 Å². The Kier molecular flexibility index (Phi) is 4.78. The van der Waals surface area contributed by atoms with Gasteiger partial charge in [0.05, 0.1) is 14.2 Å². The molecule has 0 atom stereocenters. The van der Waals surface area contributed by atoms with Crippen LogP contribution in [0, 0.1) is 0 Å². The molecule has 0 aliphatic heterocycles. The van der Waals surface area contributed by atoms with Crippen molar-refractivity contribution in [3.05, 3.63) is 30.1 Å². The summed E-state index contributed by atoms with van der Waals surface area (Å²) < 4.78 is 10.5. The molecular formula is C14H19N5O2. The van der Waals surface area contributed by atoms with Crippen molar-refractivity contribution in [2.24, 2.45) is 5.84 Å². The molecule has 0 saturated carbocycles. The van der Waals surface area contributed by atoms with Gasteiger partial charge in [0.25, 0.3) is 0 Å². The molecule has 0 aliphatic rings. The minimum absolute atomic E-state index is 0.560. The number of ether oxygens (including phenoxy) is 2. The molecule has 0 unspecified atom stereocenters. The van der Waals surface area contributed by atoms with Crippen LogP contribution >= 0.6 is 0 Å². The second-order valence-electron chi connectivity index (χ2n) is 4.25. The maximum absolute atomic E-state index is 5.41. The van der Waals surface area contributed by atoms with Crippen molar-refractivity contribution < 1.29 is 9.47 Å². The molecule has 1 heterocycles.